The highest BCUT2D eigenvalue weighted by Gasteiger charge is 2.18. The van der Waals surface area contributed by atoms with Gasteiger partial charge in [0, 0.05) is 6.42 Å². The molecule has 0 amide bonds. The molecule has 1 N–H and O–H groups in total. The van der Waals surface area contributed by atoms with Crippen molar-refractivity contribution in [2.24, 2.45) is 0 Å². The van der Waals surface area contributed by atoms with Crippen molar-refractivity contribution in [3.05, 3.63) is 65.5 Å². The topological polar surface area (TPSA) is 59.2 Å². The third kappa shape index (κ3) is 2.60. The highest BCUT2D eigenvalue weighted by molar-refractivity contribution is 5.62. The van der Waals surface area contributed by atoms with Crippen molar-refractivity contribution in [3.8, 4) is 17.2 Å². The number of nitrogens with zero attached hydrogens (tertiary/aromatic N) is 2. The number of rotatable bonds is 3. The van der Waals surface area contributed by atoms with Crippen LogP contribution in [0.3, 0.4) is 0 Å². The molecule has 0 aliphatic carbocycles. The number of halogens is 2. The molecule has 0 atom stereocenters. The second-order valence-corrected chi connectivity index (χ2v) is 4.42. The number of hydrogen-bond acceptors (Lipinski definition) is 4. The average Bonchev–Trinajstić information content (AvgIpc) is 2.89. The Labute approximate surface area is 118 Å². The molecule has 0 aliphatic rings. The van der Waals surface area contributed by atoms with Crippen molar-refractivity contribution in [3.63, 3.8) is 0 Å². The van der Waals surface area contributed by atoms with Crippen LogP contribution in [0, 0.1) is 11.6 Å². The maximum Gasteiger partial charge on any atom is 0.264 e. The second kappa shape index (κ2) is 5.32. The Morgan fingerprint density at radius 3 is 2.52 bits per heavy atom. The fourth-order valence-corrected chi connectivity index (χ4v) is 1.96. The largest absolute Gasteiger partial charge is 0.507 e. The molecule has 0 bridgehead atoms. The van der Waals surface area contributed by atoms with E-state index in [0.717, 1.165) is 0 Å². The van der Waals surface area contributed by atoms with Crippen LogP contribution in [0.4, 0.5) is 8.78 Å². The maximum absolute atomic E-state index is 13.7. The number of aromatic hydroxyl groups is 1. The summed E-state index contributed by atoms with van der Waals surface area (Å²) in [4.78, 5) is 3.99. The lowest BCUT2D eigenvalue weighted by molar-refractivity contribution is 0.414. The smallest absolute Gasteiger partial charge is 0.264 e. The first-order valence-electron chi connectivity index (χ1n) is 6.19. The fraction of sp³-hybridized carbons (Fsp3) is 0.0667. The minimum atomic E-state index is -0.670. The van der Waals surface area contributed by atoms with E-state index in [1.807, 2.05) is 0 Å². The summed E-state index contributed by atoms with van der Waals surface area (Å²) in [5.41, 5.74) is 0.243. The van der Waals surface area contributed by atoms with Crippen LogP contribution < -0.4 is 0 Å². The normalized spacial score (nSPS) is 10.8. The predicted molar refractivity (Wildman–Crippen MR) is 70.6 cm³/mol. The third-order valence-corrected chi connectivity index (χ3v) is 2.98. The van der Waals surface area contributed by atoms with Crippen molar-refractivity contribution >= 4 is 0 Å². The second-order valence-electron chi connectivity index (χ2n) is 4.42. The van der Waals surface area contributed by atoms with Gasteiger partial charge in [0.05, 0.1) is 0 Å². The van der Waals surface area contributed by atoms with Crippen LogP contribution in [0.1, 0.15) is 11.4 Å². The lowest BCUT2D eigenvalue weighted by Crippen LogP contribution is -1.94. The minimum Gasteiger partial charge on any atom is -0.507 e. The zero-order valence-electron chi connectivity index (χ0n) is 10.8. The minimum absolute atomic E-state index is 0.116. The molecule has 0 saturated heterocycles. The van der Waals surface area contributed by atoms with Gasteiger partial charge in [-0.25, -0.2) is 8.78 Å². The molecule has 0 spiro atoms. The van der Waals surface area contributed by atoms with Gasteiger partial charge in [-0.3, -0.25) is 0 Å². The molecule has 2 aromatic carbocycles. The van der Waals surface area contributed by atoms with Crippen molar-refractivity contribution in [1.29, 1.82) is 0 Å². The summed E-state index contributed by atoms with van der Waals surface area (Å²) >= 11 is 0. The first-order chi connectivity index (χ1) is 10.1. The van der Waals surface area contributed by atoms with E-state index in [0.29, 0.717) is 5.56 Å². The van der Waals surface area contributed by atoms with E-state index in [1.54, 1.807) is 18.2 Å². The van der Waals surface area contributed by atoms with E-state index in [1.165, 1.54) is 24.3 Å². The lowest BCUT2D eigenvalue weighted by Gasteiger charge is -1.99. The zero-order valence-corrected chi connectivity index (χ0v) is 10.8. The van der Waals surface area contributed by atoms with E-state index < -0.39 is 5.82 Å². The van der Waals surface area contributed by atoms with E-state index in [9.17, 15) is 13.9 Å². The van der Waals surface area contributed by atoms with Gasteiger partial charge in [0.2, 0.25) is 0 Å². The van der Waals surface area contributed by atoms with Gasteiger partial charge in [-0.15, -0.1) is 0 Å². The van der Waals surface area contributed by atoms with Gasteiger partial charge >= 0.3 is 0 Å². The Hall–Kier alpha value is -2.76. The molecule has 4 nitrogen and oxygen atoms in total. The van der Waals surface area contributed by atoms with E-state index >= 15 is 0 Å². The highest BCUT2D eigenvalue weighted by Crippen LogP contribution is 2.30. The fourth-order valence-electron chi connectivity index (χ4n) is 1.96. The Balaban J connectivity index is 1.92. The predicted octanol–water partition coefficient (Wildman–Crippen LogP) is 3.31. The van der Waals surface area contributed by atoms with E-state index in [-0.39, 0.29) is 35.3 Å². The summed E-state index contributed by atoms with van der Waals surface area (Å²) in [6.07, 6.45) is 0.116. The molecule has 6 heteroatoms. The Kier molecular flexibility index (Phi) is 3.35. The molecular formula is C15H10F2N2O2. The van der Waals surface area contributed by atoms with Crippen LogP contribution in [-0.4, -0.2) is 15.2 Å². The standard InChI is InChI=1S/C15H10F2N2O2/c16-10-5-2-1-4-9(10)8-13-18-15(21-19-13)14-11(17)6-3-7-12(14)20/h1-7,20H,8H2. The van der Waals surface area contributed by atoms with Crippen LogP contribution in [-0.2, 0) is 6.42 Å². The lowest BCUT2D eigenvalue weighted by atomic mass is 10.1. The molecule has 0 aliphatic heterocycles. The molecule has 1 heterocycles. The number of benzene rings is 2. The average molecular weight is 288 g/mol. The van der Waals surface area contributed by atoms with Crippen molar-refractivity contribution in [2.75, 3.05) is 0 Å². The van der Waals surface area contributed by atoms with Crippen molar-refractivity contribution < 1.29 is 18.4 Å². The third-order valence-electron chi connectivity index (χ3n) is 2.98. The summed E-state index contributed by atoms with van der Waals surface area (Å²) in [6, 6.07) is 10.1. The molecule has 21 heavy (non-hydrogen) atoms. The molecule has 0 unspecified atom stereocenters. The van der Waals surface area contributed by atoms with Gasteiger partial charge in [-0.05, 0) is 23.8 Å². The molecule has 0 fully saturated rings. The van der Waals surface area contributed by atoms with E-state index in [4.69, 9.17) is 4.52 Å². The Morgan fingerprint density at radius 1 is 1.00 bits per heavy atom. The van der Waals surface area contributed by atoms with Gasteiger partial charge in [0.15, 0.2) is 5.82 Å². The van der Waals surface area contributed by atoms with Crippen LogP contribution in [0.15, 0.2) is 47.0 Å². The van der Waals surface area contributed by atoms with Gasteiger partial charge in [-0.2, -0.15) is 4.98 Å². The van der Waals surface area contributed by atoms with Crippen LogP contribution in [0.5, 0.6) is 5.75 Å². The SMILES string of the molecule is Oc1cccc(F)c1-c1nc(Cc2ccccc2F)no1. The molecule has 106 valence electrons. The maximum atomic E-state index is 13.7. The van der Waals surface area contributed by atoms with E-state index in [2.05, 4.69) is 10.1 Å². The number of phenolic OH excluding ortho intramolecular Hbond substituents is 1. The number of aromatic nitrogens is 2. The Bertz CT molecular complexity index is 767. The van der Waals surface area contributed by atoms with Crippen LogP contribution in [0.25, 0.3) is 11.5 Å². The Morgan fingerprint density at radius 2 is 1.76 bits per heavy atom. The van der Waals surface area contributed by atoms with Crippen molar-refractivity contribution in [1.82, 2.24) is 10.1 Å². The van der Waals surface area contributed by atoms with Gasteiger partial charge in [0.25, 0.3) is 5.89 Å². The van der Waals surface area contributed by atoms with Crippen LogP contribution >= 0.6 is 0 Å². The molecule has 0 radical (unpaired) electrons. The summed E-state index contributed by atoms with van der Waals surface area (Å²) < 4.78 is 32.2. The van der Waals surface area contributed by atoms with Crippen LogP contribution in [0.2, 0.25) is 0 Å². The summed E-state index contributed by atoms with van der Waals surface area (Å²) in [5, 5.41) is 13.3. The number of phenols is 1. The molecular weight excluding hydrogens is 278 g/mol. The van der Waals surface area contributed by atoms with Crippen molar-refractivity contribution in [2.45, 2.75) is 6.42 Å². The molecule has 3 rings (SSSR count). The first-order valence-corrected chi connectivity index (χ1v) is 6.19. The summed E-state index contributed by atoms with van der Waals surface area (Å²) in [6.45, 7) is 0. The number of hydrogen-bond donors (Lipinski definition) is 1. The molecule has 0 saturated carbocycles. The van der Waals surface area contributed by atoms with Gasteiger partial charge in [0.1, 0.15) is 22.9 Å². The monoisotopic (exact) mass is 288 g/mol. The molecule has 1 aromatic heterocycles. The zero-order chi connectivity index (χ0) is 14.8. The van der Waals surface area contributed by atoms with Gasteiger partial charge < -0.3 is 9.63 Å². The summed E-state index contributed by atoms with van der Waals surface area (Å²) in [5.74, 6) is -1.28. The van der Waals surface area contributed by atoms with Gasteiger partial charge in [-0.1, -0.05) is 29.4 Å². The summed E-state index contributed by atoms with van der Waals surface area (Å²) in [7, 11) is 0. The molecule has 3 aromatic rings. The highest BCUT2D eigenvalue weighted by atomic mass is 19.1. The quantitative estimate of drug-likeness (QED) is 0.803. The first kappa shape index (κ1) is 13.2.